The van der Waals surface area contributed by atoms with Crippen molar-refractivity contribution in [1.29, 1.82) is 0 Å². The Labute approximate surface area is 192 Å². The summed E-state index contributed by atoms with van der Waals surface area (Å²) in [6, 6.07) is 12.1. The highest BCUT2D eigenvalue weighted by Gasteiger charge is 2.39. The maximum absolute atomic E-state index is 12.9. The first-order valence-corrected chi connectivity index (χ1v) is 10.7. The van der Waals surface area contributed by atoms with Crippen LogP contribution in [0.3, 0.4) is 0 Å². The fraction of sp³-hybridized carbons (Fsp3) is 0.208. The SMILES string of the molecule is O=C1CCC(N2Cc3ccc(CNC(=O)Nc4ccc5oc(=O)ccc5c4)cc3C2=O)C(=O)N1. The van der Waals surface area contributed by atoms with Gasteiger partial charge in [0.1, 0.15) is 11.6 Å². The molecule has 1 fully saturated rings. The molecule has 5 rings (SSSR count). The van der Waals surface area contributed by atoms with E-state index in [2.05, 4.69) is 16.0 Å². The summed E-state index contributed by atoms with van der Waals surface area (Å²) in [5.74, 6) is -1.04. The molecule has 0 saturated carbocycles. The number of nitrogens with one attached hydrogen (secondary N) is 3. The Balaban J connectivity index is 1.22. The summed E-state index contributed by atoms with van der Waals surface area (Å²) in [5.41, 5.74) is 2.52. The molecular formula is C24H20N4O6. The van der Waals surface area contributed by atoms with Crippen molar-refractivity contribution in [3.05, 3.63) is 75.6 Å². The molecule has 2 aromatic carbocycles. The maximum Gasteiger partial charge on any atom is 0.336 e. The van der Waals surface area contributed by atoms with Crippen molar-refractivity contribution in [3.8, 4) is 0 Å². The van der Waals surface area contributed by atoms with Gasteiger partial charge >= 0.3 is 11.7 Å². The number of urea groups is 1. The van der Waals surface area contributed by atoms with E-state index in [0.717, 1.165) is 11.1 Å². The van der Waals surface area contributed by atoms with Crippen LogP contribution in [0.15, 0.2) is 57.7 Å². The second kappa shape index (κ2) is 8.47. The highest BCUT2D eigenvalue weighted by atomic mass is 16.4. The number of hydrogen-bond donors (Lipinski definition) is 3. The van der Waals surface area contributed by atoms with E-state index in [0.29, 0.717) is 35.2 Å². The number of carbonyl (C=O) groups excluding carboxylic acids is 4. The Bertz CT molecular complexity index is 1410. The normalized spacial score (nSPS) is 17.5. The molecule has 1 aromatic heterocycles. The van der Waals surface area contributed by atoms with Gasteiger partial charge in [-0.05, 0) is 47.9 Å². The number of anilines is 1. The highest BCUT2D eigenvalue weighted by Crippen LogP contribution is 2.28. The lowest BCUT2D eigenvalue weighted by Gasteiger charge is -2.29. The Morgan fingerprint density at radius 2 is 1.91 bits per heavy atom. The molecule has 10 nitrogen and oxygen atoms in total. The van der Waals surface area contributed by atoms with E-state index in [1.54, 1.807) is 30.3 Å². The molecule has 0 spiro atoms. The summed E-state index contributed by atoms with van der Waals surface area (Å²) in [7, 11) is 0. The average molecular weight is 460 g/mol. The zero-order chi connectivity index (χ0) is 23.8. The van der Waals surface area contributed by atoms with E-state index in [9.17, 15) is 24.0 Å². The molecule has 0 aliphatic carbocycles. The van der Waals surface area contributed by atoms with Crippen LogP contribution >= 0.6 is 0 Å². The van der Waals surface area contributed by atoms with E-state index >= 15 is 0 Å². The first-order chi connectivity index (χ1) is 16.4. The van der Waals surface area contributed by atoms with E-state index < -0.39 is 23.6 Å². The Kier molecular flexibility index (Phi) is 5.33. The smallest absolute Gasteiger partial charge is 0.336 e. The van der Waals surface area contributed by atoms with Gasteiger partial charge in [-0.25, -0.2) is 9.59 Å². The lowest BCUT2D eigenvalue weighted by atomic mass is 10.0. The monoisotopic (exact) mass is 460 g/mol. The fourth-order valence-electron chi connectivity index (χ4n) is 4.22. The van der Waals surface area contributed by atoms with E-state index in [-0.39, 0.29) is 24.8 Å². The number of hydrogen-bond acceptors (Lipinski definition) is 6. The minimum Gasteiger partial charge on any atom is -0.423 e. The van der Waals surface area contributed by atoms with Crippen LogP contribution in [-0.4, -0.2) is 34.7 Å². The second-order valence-corrected chi connectivity index (χ2v) is 8.21. The van der Waals surface area contributed by atoms with Crippen LogP contribution < -0.4 is 21.6 Å². The first-order valence-electron chi connectivity index (χ1n) is 10.7. The van der Waals surface area contributed by atoms with Crippen molar-refractivity contribution in [2.24, 2.45) is 0 Å². The van der Waals surface area contributed by atoms with Crippen LogP contribution in [0, 0.1) is 0 Å². The van der Waals surface area contributed by atoms with Crippen molar-refractivity contribution in [3.63, 3.8) is 0 Å². The Morgan fingerprint density at radius 3 is 2.74 bits per heavy atom. The van der Waals surface area contributed by atoms with Crippen molar-refractivity contribution < 1.29 is 23.6 Å². The van der Waals surface area contributed by atoms with Crippen LogP contribution in [0.25, 0.3) is 11.0 Å². The number of carbonyl (C=O) groups is 4. The predicted molar refractivity (Wildman–Crippen MR) is 121 cm³/mol. The molecule has 1 saturated heterocycles. The topological polar surface area (TPSA) is 138 Å². The summed E-state index contributed by atoms with van der Waals surface area (Å²) < 4.78 is 5.08. The molecule has 0 radical (unpaired) electrons. The van der Waals surface area contributed by atoms with Crippen molar-refractivity contribution in [2.45, 2.75) is 32.0 Å². The van der Waals surface area contributed by atoms with Crippen molar-refractivity contribution in [1.82, 2.24) is 15.5 Å². The number of nitrogens with zero attached hydrogens (tertiary/aromatic N) is 1. The maximum atomic E-state index is 12.9. The van der Waals surface area contributed by atoms with Gasteiger partial charge in [-0.3, -0.25) is 19.7 Å². The molecule has 3 N–H and O–H groups in total. The third kappa shape index (κ3) is 4.13. The second-order valence-electron chi connectivity index (χ2n) is 8.21. The van der Waals surface area contributed by atoms with Gasteiger partial charge in [0.05, 0.1) is 0 Å². The van der Waals surface area contributed by atoms with Crippen LogP contribution in [0.2, 0.25) is 0 Å². The van der Waals surface area contributed by atoms with Crippen LogP contribution in [-0.2, 0) is 22.7 Å². The molecule has 10 heteroatoms. The van der Waals surface area contributed by atoms with Gasteiger partial charge in [0.15, 0.2) is 0 Å². The third-order valence-corrected chi connectivity index (χ3v) is 5.92. The van der Waals surface area contributed by atoms with Crippen LogP contribution in [0.1, 0.15) is 34.3 Å². The zero-order valence-electron chi connectivity index (χ0n) is 17.9. The van der Waals surface area contributed by atoms with Crippen molar-refractivity contribution in [2.75, 3.05) is 5.32 Å². The fourth-order valence-corrected chi connectivity index (χ4v) is 4.22. The Morgan fingerprint density at radius 1 is 1.06 bits per heavy atom. The van der Waals surface area contributed by atoms with Crippen LogP contribution in [0.4, 0.5) is 10.5 Å². The zero-order valence-corrected chi connectivity index (χ0v) is 17.9. The molecule has 3 heterocycles. The summed E-state index contributed by atoms with van der Waals surface area (Å²) in [6.07, 6.45) is 0.506. The molecule has 1 unspecified atom stereocenters. The number of fused-ring (bicyclic) bond motifs is 2. The van der Waals surface area contributed by atoms with Gasteiger partial charge in [-0.1, -0.05) is 12.1 Å². The standard InChI is InChI=1S/C24H20N4O6/c29-20-7-5-18(22(31)27-20)28-12-15-2-1-13(9-17(15)23(28)32)11-25-24(33)26-16-4-6-19-14(10-16)3-8-21(30)34-19/h1-4,6,8-10,18H,5,7,11-12H2,(H2,25,26,33)(H,27,29,31). The summed E-state index contributed by atoms with van der Waals surface area (Å²) in [4.78, 5) is 61.6. The largest absolute Gasteiger partial charge is 0.423 e. The van der Waals surface area contributed by atoms with E-state index in [4.69, 9.17) is 4.42 Å². The summed E-state index contributed by atoms with van der Waals surface area (Å²) >= 11 is 0. The molecular weight excluding hydrogens is 440 g/mol. The number of benzene rings is 2. The number of piperidine rings is 1. The molecule has 2 aliphatic heterocycles. The lowest BCUT2D eigenvalue weighted by molar-refractivity contribution is -0.136. The minimum absolute atomic E-state index is 0.188. The third-order valence-electron chi connectivity index (χ3n) is 5.92. The van der Waals surface area contributed by atoms with Gasteiger partial charge in [-0.15, -0.1) is 0 Å². The van der Waals surface area contributed by atoms with Gasteiger partial charge in [-0.2, -0.15) is 0 Å². The molecule has 34 heavy (non-hydrogen) atoms. The quantitative estimate of drug-likeness (QED) is 0.402. The van der Waals surface area contributed by atoms with E-state index in [1.807, 2.05) is 12.1 Å². The van der Waals surface area contributed by atoms with Gasteiger partial charge in [0.2, 0.25) is 11.8 Å². The van der Waals surface area contributed by atoms with Gasteiger partial charge in [0.25, 0.3) is 5.91 Å². The predicted octanol–water partition coefficient (Wildman–Crippen LogP) is 1.88. The molecule has 5 amide bonds. The number of amides is 5. The molecule has 0 bridgehead atoms. The minimum atomic E-state index is -0.667. The summed E-state index contributed by atoms with van der Waals surface area (Å²) in [5, 5.41) is 8.43. The van der Waals surface area contributed by atoms with Gasteiger partial charge in [0, 0.05) is 42.2 Å². The number of imide groups is 1. The first kappa shape index (κ1) is 21.4. The molecule has 1 atom stereocenters. The number of rotatable bonds is 4. The molecule has 3 aromatic rings. The molecule has 172 valence electrons. The Hall–Kier alpha value is -4.47. The molecule has 2 aliphatic rings. The lowest BCUT2D eigenvalue weighted by Crippen LogP contribution is -2.52. The average Bonchev–Trinajstić information content (AvgIpc) is 3.13. The summed E-state index contributed by atoms with van der Waals surface area (Å²) in [6.45, 7) is 0.490. The van der Waals surface area contributed by atoms with Gasteiger partial charge < -0.3 is 20.0 Å². The highest BCUT2D eigenvalue weighted by molar-refractivity contribution is 6.05. The van der Waals surface area contributed by atoms with E-state index in [1.165, 1.54) is 11.0 Å². The van der Waals surface area contributed by atoms with Crippen molar-refractivity contribution >= 4 is 40.4 Å². The van der Waals surface area contributed by atoms with Crippen LogP contribution in [0.5, 0.6) is 0 Å².